The molecular formula is C12H24O. The predicted molar refractivity (Wildman–Crippen MR) is 57.7 cm³/mol. The summed E-state index contributed by atoms with van der Waals surface area (Å²) in [6.45, 7) is 10.5. The van der Waals surface area contributed by atoms with Gasteiger partial charge in [0, 0.05) is 5.92 Å². The maximum absolute atomic E-state index is 11.4. The summed E-state index contributed by atoms with van der Waals surface area (Å²) in [5, 5.41) is 0. The van der Waals surface area contributed by atoms with Crippen molar-refractivity contribution in [2.24, 2.45) is 17.8 Å². The third-order valence-electron chi connectivity index (χ3n) is 3.21. The van der Waals surface area contributed by atoms with Crippen LogP contribution in [0.1, 0.15) is 53.9 Å². The molecule has 0 spiro atoms. The van der Waals surface area contributed by atoms with Crippen LogP contribution in [-0.4, -0.2) is 5.78 Å². The summed E-state index contributed by atoms with van der Waals surface area (Å²) in [5.74, 6) is 1.89. The molecule has 0 aromatic rings. The highest BCUT2D eigenvalue weighted by Crippen LogP contribution is 2.25. The second-order valence-electron chi connectivity index (χ2n) is 4.35. The molecule has 0 aliphatic carbocycles. The molecule has 0 radical (unpaired) electrons. The van der Waals surface area contributed by atoms with E-state index in [4.69, 9.17) is 0 Å². The third kappa shape index (κ3) is 4.44. The van der Waals surface area contributed by atoms with Gasteiger partial charge in [-0.25, -0.2) is 0 Å². The van der Waals surface area contributed by atoms with Crippen molar-refractivity contribution in [3.05, 3.63) is 0 Å². The van der Waals surface area contributed by atoms with Gasteiger partial charge in [-0.05, 0) is 25.2 Å². The molecular weight excluding hydrogens is 160 g/mol. The number of carbonyl (C=O) groups is 1. The van der Waals surface area contributed by atoms with Gasteiger partial charge >= 0.3 is 0 Å². The van der Waals surface area contributed by atoms with Crippen molar-refractivity contribution < 1.29 is 4.79 Å². The minimum Gasteiger partial charge on any atom is -0.300 e. The lowest BCUT2D eigenvalue weighted by Gasteiger charge is -2.22. The summed E-state index contributed by atoms with van der Waals surface area (Å²) in [6, 6.07) is 0. The molecule has 0 saturated heterocycles. The first-order valence-corrected chi connectivity index (χ1v) is 5.53. The first-order valence-electron chi connectivity index (χ1n) is 5.53. The van der Waals surface area contributed by atoms with E-state index >= 15 is 0 Å². The zero-order chi connectivity index (χ0) is 10.4. The van der Waals surface area contributed by atoms with E-state index in [1.807, 2.05) is 0 Å². The van der Waals surface area contributed by atoms with Crippen molar-refractivity contribution in [2.45, 2.75) is 53.9 Å². The van der Waals surface area contributed by atoms with Crippen LogP contribution < -0.4 is 0 Å². The Morgan fingerprint density at radius 3 is 2.00 bits per heavy atom. The van der Waals surface area contributed by atoms with Gasteiger partial charge in [-0.3, -0.25) is 4.79 Å². The fourth-order valence-corrected chi connectivity index (χ4v) is 1.68. The van der Waals surface area contributed by atoms with Gasteiger partial charge in [0.05, 0.1) is 0 Å². The van der Waals surface area contributed by atoms with E-state index in [0.29, 0.717) is 23.5 Å². The molecule has 1 nitrogen and oxygen atoms in total. The standard InChI is InChI=1S/C12H24O/c1-6-9(3)8-12(11(5)13)10(4)7-2/h9-10,12H,6-8H2,1-5H3. The molecule has 0 aromatic heterocycles. The Morgan fingerprint density at radius 2 is 1.69 bits per heavy atom. The molecule has 0 amide bonds. The number of hydrogen-bond acceptors (Lipinski definition) is 1. The number of carbonyl (C=O) groups excluding carboxylic acids is 1. The molecule has 0 heterocycles. The molecule has 3 atom stereocenters. The number of rotatable bonds is 6. The molecule has 3 unspecified atom stereocenters. The van der Waals surface area contributed by atoms with Crippen molar-refractivity contribution in [2.75, 3.05) is 0 Å². The Hall–Kier alpha value is -0.330. The van der Waals surface area contributed by atoms with Crippen LogP contribution >= 0.6 is 0 Å². The van der Waals surface area contributed by atoms with Crippen LogP contribution in [-0.2, 0) is 4.79 Å². The van der Waals surface area contributed by atoms with Crippen molar-refractivity contribution in [3.8, 4) is 0 Å². The Labute approximate surface area is 82.9 Å². The van der Waals surface area contributed by atoms with E-state index in [1.54, 1.807) is 6.92 Å². The topological polar surface area (TPSA) is 17.1 Å². The Morgan fingerprint density at radius 1 is 1.15 bits per heavy atom. The maximum Gasteiger partial charge on any atom is 0.133 e. The average molecular weight is 184 g/mol. The normalized spacial score (nSPS) is 17.9. The third-order valence-corrected chi connectivity index (χ3v) is 3.21. The largest absolute Gasteiger partial charge is 0.300 e. The molecule has 1 heteroatoms. The van der Waals surface area contributed by atoms with Crippen LogP contribution in [0.15, 0.2) is 0 Å². The smallest absolute Gasteiger partial charge is 0.133 e. The Bertz CT molecular complexity index is 151. The fraction of sp³-hybridized carbons (Fsp3) is 0.917. The lowest BCUT2D eigenvalue weighted by molar-refractivity contribution is -0.122. The zero-order valence-corrected chi connectivity index (χ0v) is 9.76. The lowest BCUT2D eigenvalue weighted by Crippen LogP contribution is -2.21. The maximum atomic E-state index is 11.4. The average Bonchev–Trinajstić information content (AvgIpc) is 2.11. The van der Waals surface area contributed by atoms with Gasteiger partial charge in [-0.1, -0.05) is 40.5 Å². The van der Waals surface area contributed by atoms with Crippen LogP contribution in [0.25, 0.3) is 0 Å². The van der Waals surface area contributed by atoms with Crippen LogP contribution in [0.2, 0.25) is 0 Å². The molecule has 0 saturated carbocycles. The summed E-state index contributed by atoms with van der Waals surface area (Å²) in [6.07, 6.45) is 3.36. The Balaban J connectivity index is 4.17. The molecule has 0 fully saturated rings. The van der Waals surface area contributed by atoms with Crippen LogP contribution in [0, 0.1) is 17.8 Å². The second-order valence-corrected chi connectivity index (χ2v) is 4.35. The summed E-state index contributed by atoms with van der Waals surface area (Å²) in [5.41, 5.74) is 0. The van der Waals surface area contributed by atoms with E-state index in [1.165, 1.54) is 6.42 Å². The van der Waals surface area contributed by atoms with Gasteiger partial charge in [-0.2, -0.15) is 0 Å². The van der Waals surface area contributed by atoms with E-state index in [0.717, 1.165) is 12.8 Å². The monoisotopic (exact) mass is 184 g/mol. The molecule has 0 aliphatic rings. The Kier molecular flexibility index (Phi) is 6.02. The number of Topliss-reactive ketones (excluding diaryl/α,β-unsaturated/α-hetero) is 1. The minimum atomic E-state index is 0.292. The van der Waals surface area contributed by atoms with Crippen LogP contribution in [0.5, 0.6) is 0 Å². The first-order chi connectivity index (χ1) is 6.02. The molecule has 0 rings (SSSR count). The quantitative estimate of drug-likeness (QED) is 0.615. The second kappa shape index (κ2) is 6.17. The van der Waals surface area contributed by atoms with Crippen LogP contribution in [0.4, 0.5) is 0 Å². The molecule has 0 bridgehead atoms. The highest BCUT2D eigenvalue weighted by molar-refractivity contribution is 5.78. The predicted octanol–water partition coefficient (Wildman–Crippen LogP) is 3.67. The van der Waals surface area contributed by atoms with Gasteiger partial charge in [-0.15, -0.1) is 0 Å². The van der Waals surface area contributed by atoms with Crippen molar-refractivity contribution in [1.29, 1.82) is 0 Å². The van der Waals surface area contributed by atoms with Gasteiger partial charge in [0.25, 0.3) is 0 Å². The molecule has 78 valence electrons. The van der Waals surface area contributed by atoms with Crippen molar-refractivity contribution in [3.63, 3.8) is 0 Å². The summed E-state index contributed by atoms with van der Waals surface area (Å²) >= 11 is 0. The van der Waals surface area contributed by atoms with Gasteiger partial charge in [0.15, 0.2) is 0 Å². The molecule has 0 N–H and O–H groups in total. The van der Waals surface area contributed by atoms with Gasteiger partial charge in [0.2, 0.25) is 0 Å². The highest BCUT2D eigenvalue weighted by atomic mass is 16.1. The van der Waals surface area contributed by atoms with Crippen LogP contribution in [0.3, 0.4) is 0 Å². The van der Waals surface area contributed by atoms with E-state index in [-0.39, 0.29) is 0 Å². The van der Waals surface area contributed by atoms with E-state index in [9.17, 15) is 4.79 Å². The van der Waals surface area contributed by atoms with Gasteiger partial charge < -0.3 is 0 Å². The van der Waals surface area contributed by atoms with E-state index in [2.05, 4.69) is 27.7 Å². The molecule has 0 aliphatic heterocycles. The van der Waals surface area contributed by atoms with Gasteiger partial charge in [0.1, 0.15) is 5.78 Å². The highest BCUT2D eigenvalue weighted by Gasteiger charge is 2.21. The summed E-state index contributed by atoms with van der Waals surface area (Å²) in [4.78, 5) is 11.4. The van der Waals surface area contributed by atoms with Crippen molar-refractivity contribution >= 4 is 5.78 Å². The molecule has 0 aromatic carbocycles. The SMILES string of the molecule is CCC(C)CC(C(C)=O)C(C)CC. The fourth-order valence-electron chi connectivity index (χ4n) is 1.68. The minimum absolute atomic E-state index is 0.292. The number of ketones is 1. The lowest BCUT2D eigenvalue weighted by atomic mass is 9.81. The van der Waals surface area contributed by atoms with Crippen molar-refractivity contribution in [1.82, 2.24) is 0 Å². The van der Waals surface area contributed by atoms with E-state index < -0.39 is 0 Å². The summed E-state index contributed by atoms with van der Waals surface area (Å²) < 4.78 is 0. The molecule has 13 heavy (non-hydrogen) atoms. The number of hydrogen-bond donors (Lipinski definition) is 0. The zero-order valence-electron chi connectivity index (χ0n) is 9.76. The first kappa shape index (κ1) is 12.7. The summed E-state index contributed by atoms with van der Waals surface area (Å²) in [7, 11) is 0.